The van der Waals surface area contributed by atoms with E-state index in [1.54, 1.807) is 0 Å². The molecule has 2 aliphatic rings. The Balaban J connectivity index is 1.81. The molecule has 2 fully saturated rings. The Morgan fingerprint density at radius 2 is 2.29 bits per heavy atom. The molecule has 1 heterocycles. The lowest BCUT2D eigenvalue weighted by molar-refractivity contribution is -0.138. The molecule has 2 rings (SSSR count). The highest BCUT2D eigenvalue weighted by molar-refractivity contribution is 5.67. The zero-order chi connectivity index (χ0) is 12.3. The third kappa shape index (κ3) is 3.44. The van der Waals surface area contributed by atoms with Crippen molar-refractivity contribution in [3.05, 3.63) is 0 Å². The van der Waals surface area contributed by atoms with Crippen molar-refractivity contribution in [3.63, 3.8) is 0 Å². The van der Waals surface area contributed by atoms with Gasteiger partial charge in [0.15, 0.2) is 0 Å². The molecule has 17 heavy (non-hydrogen) atoms. The van der Waals surface area contributed by atoms with Crippen LogP contribution in [0, 0.1) is 22.7 Å². The highest BCUT2D eigenvalue weighted by atomic mass is 16.4. The van der Waals surface area contributed by atoms with Gasteiger partial charge in [-0.15, -0.1) is 0 Å². The lowest BCUT2D eigenvalue weighted by Gasteiger charge is -2.34. The van der Waals surface area contributed by atoms with E-state index < -0.39 is 5.97 Å². The smallest absolute Gasteiger partial charge is 0.303 e. The lowest BCUT2D eigenvalue weighted by atomic mass is 9.93. The molecular formula is C13H20N2O2. The van der Waals surface area contributed by atoms with E-state index in [0.717, 1.165) is 32.5 Å². The molecule has 1 atom stereocenters. The molecule has 1 saturated carbocycles. The number of rotatable bonds is 5. The van der Waals surface area contributed by atoms with E-state index >= 15 is 0 Å². The average molecular weight is 236 g/mol. The highest BCUT2D eigenvalue weighted by Gasteiger charge is 2.44. The van der Waals surface area contributed by atoms with E-state index in [2.05, 4.69) is 11.0 Å². The summed E-state index contributed by atoms with van der Waals surface area (Å²) in [5, 5.41) is 17.6. The van der Waals surface area contributed by atoms with Crippen molar-refractivity contribution in [2.24, 2.45) is 11.3 Å². The van der Waals surface area contributed by atoms with Crippen molar-refractivity contribution in [1.29, 1.82) is 5.26 Å². The Morgan fingerprint density at radius 1 is 1.53 bits per heavy atom. The molecule has 0 amide bonds. The second-order valence-electron chi connectivity index (χ2n) is 5.68. The monoisotopic (exact) mass is 236 g/mol. The summed E-state index contributed by atoms with van der Waals surface area (Å²) in [5.74, 6) is -0.380. The van der Waals surface area contributed by atoms with Gasteiger partial charge in [0.1, 0.15) is 0 Å². The zero-order valence-corrected chi connectivity index (χ0v) is 10.2. The van der Waals surface area contributed by atoms with Crippen LogP contribution in [0.25, 0.3) is 0 Å². The van der Waals surface area contributed by atoms with Gasteiger partial charge in [0, 0.05) is 25.9 Å². The number of carbonyl (C=O) groups is 1. The summed E-state index contributed by atoms with van der Waals surface area (Å²) in [7, 11) is 0. The number of nitrogens with zero attached hydrogens (tertiary/aromatic N) is 2. The lowest BCUT2D eigenvalue weighted by Crippen LogP contribution is -2.39. The summed E-state index contributed by atoms with van der Waals surface area (Å²) in [4.78, 5) is 13.1. The zero-order valence-electron chi connectivity index (χ0n) is 10.2. The van der Waals surface area contributed by atoms with Crippen molar-refractivity contribution in [1.82, 2.24) is 4.90 Å². The van der Waals surface area contributed by atoms with Gasteiger partial charge in [-0.25, -0.2) is 0 Å². The fourth-order valence-corrected chi connectivity index (χ4v) is 2.92. The SMILES string of the molecule is N#CCC1(CN2CCCC(CC(=O)O)C2)CC1. The van der Waals surface area contributed by atoms with Crippen molar-refractivity contribution < 1.29 is 9.90 Å². The minimum atomic E-state index is -0.685. The summed E-state index contributed by atoms with van der Waals surface area (Å²) >= 11 is 0. The number of carboxylic acids is 1. The van der Waals surface area contributed by atoms with Crippen LogP contribution in [0.2, 0.25) is 0 Å². The van der Waals surface area contributed by atoms with Gasteiger partial charge >= 0.3 is 5.97 Å². The largest absolute Gasteiger partial charge is 0.481 e. The summed E-state index contributed by atoms with van der Waals surface area (Å²) in [5.41, 5.74) is 0.250. The Morgan fingerprint density at radius 3 is 2.88 bits per heavy atom. The summed E-state index contributed by atoms with van der Waals surface area (Å²) < 4.78 is 0. The Bertz CT molecular complexity index is 331. The van der Waals surface area contributed by atoms with Gasteiger partial charge in [-0.1, -0.05) is 0 Å². The molecule has 1 N–H and O–H groups in total. The number of piperidine rings is 1. The van der Waals surface area contributed by atoms with Gasteiger partial charge in [0.25, 0.3) is 0 Å². The third-order valence-electron chi connectivity index (χ3n) is 4.04. The molecule has 94 valence electrons. The quantitative estimate of drug-likeness (QED) is 0.791. The van der Waals surface area contributed by atoms with Crippen LogP contribution in [0.15, 0.2) is 0 Å². The molecular weight excluding hydrogens is 216 g/mol. The topological polar surface area (TPSA) is 64.3 Å². The fourth-order valence-electron chi connectivity index (χ4n) is 2.92. The van der Waals surface area contributed by atoms with Crippen LogP contribution in [0.3, 0.4) is 0 Å². The Hall–Kier alpha value is -1.08. The summed E-state index contributed by atoms with van der Waals surface area (Å²) in [6.07, 6.45) is 5.42. The maximum Gasteiger partial charge on any atom is 0.303 e. The van der Waals surface area contributed by atoms with E-state index in [9.17, 15) is 4.79 Å². The molecule has 0 aromatic carbocycles. The number of aliphatic carboxylic acids is 1. The van der Waals surface area contributed by atoms with Gasteiger partial charge in [0.05, 0.1) is 6.07 Å². The standard InChI is InChI=1S/C13H20N2O2/c14-6-5-13(3-4-13)10-15-7-1-2-11(9-15)8-12(16)17/h11H,1-5,7-10H2,(H,16,17). The Labute approximate surface area is 102 Å². The second-order valence-corrected chi connectivity index (χ2v) is 5.68. The second kappa shape index (κ2) is 5.05. The van der Waals surface area contributed by atoms with Crippen LogP contribution in [-0.2, 0) is 4.79 Å². The van der Waals surface area contributed by atoms with E-state index in [1.807, 2.05) is 0 Å². The summed E-state index contributed by atoms with van der Waals surface area (Å²) in [6.45, 7) is 2.97. The number of nitriles is 1. The van der Waals surface area contributed by atoms with Gasteiger partial charge in [0.2, 0.25) is 0 Å². The molecule has 1 aliphatic carbocycles. The minimum absolute atomic E-state index is 0.250. The molecule has 1 saturated heterocycles. The predicted molar refractivity (Wildman–Crippen MR) is 63.3 cm³/mol. The fraction of sp³-hybridized carbons (Fsp3) is 0.846. The first-order chi connectivity index (χ1) is 8.13. The normalized spacial score (nSPS) is 27.4. The molecule has 0 radical (unpaired) electrons. The first kappa shape index (κ1) is 12.4. The van der Waals surface area contributed by atoms with Crippen LogP contribution in [0.1, 0.15) is 38.5 Å². The maximum atomic E-state index is 10.7. The Kier molecular flexibility index (Phi) is 3.68. The predicted octanol–water partition coefficient (Wildman–Crippen LogP) is 1.87. The number of hydrogen-bond donors (Lipinski definition) is 1. The van der Waals surface area contributed by atoms with Crippen molar-refractivity contribution in [2.75, 3.05) is 19.6 Å². The first-order valence-electron chi connectivity index (χ1n) is 6.45. The molecule has 0 aromatic heterocycles. The maximum absolute atomic E-state index is 10.7. The van der Waals surface area contributed by atoms with Crippen molar-refractivity contribution in [3.8, 4) is 6.07 Å². The minimum Gasteiger partial charge on any atom is -0.481 e. The van der Waals surface area contributed by atoms with Crippen LogP contribution in [-0.4, -0.2) is 35.6 Å². The van der Waals surface area contributed by atoms with Gasteiger partial charge in [-0.05, 0) is 43.6 Å². The van der Waals surface area contributed by atoms with Crippen molar-refractivity contribution >= 4 is 5.97 Å². The van der Waals surface area contributed by atoms with Crippen LogP contribution in [0.4, 0.5) is 0 Å². The highest BCUT2D eigenvalue weighted by Crippen LogP contribution is 2.49. The van der Waals surface area contributed by atoms with Gasteiger partial charge < -0.3 is 10.0 Å². The molecule has 0 spiro atoms. The van der Waals surface area contributed by atoms with Crippen LogP contribution >= 0.6 is 0 Å². The van der Waals surface area contributed by atoms with Gasteiger partial charge in [-0.3, -0.25) is 4.79 Å². The molecule has 1 unspecified atom stereocenters. The molecule has 0 bridgehead atoms. The number of carboxylic acid groups (broad SMARTS) is 1. The molecule has 0 aromatic rings. The molecule has 1 aliphatic heterocycles. The van der Waals surface area contributed by atoms with Gasteiger partial charge in [-0.2, -0.15) is 5.26 Å². The van der Waals surface area contributed by atoms with E-state index in [4.69, 9.17) is 10.4 Å². The van der Waals surface area contributed by atoms with E-state index in [-0.39, 0.29) is 5.41 Å². The first-order valence-corrected chi connectivity index (χ1v) is 6.45. The van der Waals surface area contributed by atoms with Crippen LogP contribution in [0.5, 0.6) is 0 Å². The van der Waals surface area contributed by atoms with E-state index in [0.29, 0.717) is 18.8 Å². The number of likely N-dealkylation sites (tertiary alicyclic amines) is 1. The summed E-state index contributed by atoms with van der Waals surface area (Å²) in [6, 6.07) is 2.28. The average Bonchev–Trinajstić information content (AvgIpc) is 2.97. The third-order valence-corrected chi connectivity index (χ3v) is 4.04. The van der Waals surface area contributed by atoms with Crippen LogP contribution < -0.4 is 0 Å². The van der Waals surface area contributed by atoms with E-state index in [1.165, 1.54) is 12.8 Å². The van der Waals surface area contributed by atoms with Crippen molar-refractivity contribution in [2.45, 2.75) is 38.5 Å². The molecule has 4 heteroatoms. The number of hydrogen-bond acceptors (Lipinski definition) is 3. The molecule has 4 nitrogen and oxygen atoms in total.